The fraction of sp³-hybridized carbons (Fsp3) is 0.262. The molecule has 0 aromatic heterocycles. The third-order valence-electron chi connectivity index (χ3n) is 15.5. The molecule has 0 spiro atoms. The van der Waals surface area contributed by atoms with Crippen LogP contribution in [0.5, 0.6) is 23.0 Å². The third kappa shape index (κ3) is 9.06. The summed E-state index contributed by atoms with van der Waals surface area (Å²) < 4.78 is 35.5. The Morgan fingerprint density at radius 1 is 0.444 bits per heavy atom. The van der Waals surface area contributed by atoms with Gasteiger partial charge in [0.15, 0.2) is 0 Å². The number of aliphatic hydroxyl groups is 1. The fourth-order valence-electron chi connectivity index (χ4n) is 11.6. The summed E-state index contributed by atoms with van der Waals surface area (Å²) >= 11 is 0. The van der Waals surface area contributed by atoms with Crippen molar-refractivity contribution >= 4 is 0 Å². The first-order valence-corrected chi connectivity index (χ1v) is 25.5. The summed E-state index contributed by atoms with van der Waals surface area (Å²) in [5.41, 5.74) is 14.4. The average molecular weight is 953 g/mol. The van der Waals surface area contributed by atoms with Crippen molar-refractivity contribution in [2.24, 2.45) is 0 Å². The van der Waals surface area contributed by atoms with Crippen LogP contribution in [-0.4, -0.2) is 63.1 Å². The van der Waals surface area contributed by atoms with E-state index in [1.54, 1.807) is 0 Å². The lowest BCUT2D eigenvalue weighted by Crippen LogP contribution is -2.27. The van der Waals surface area contributed by atoms with Gasteiger partial charge in [-0.05, 0) is 131 Å². The summed E-state index contributed by atoms with van der Waals surface area (Å²) in [5, 5.41) is 11.2. The first-order chi connectivity index (χ1) is 35.3. The molecule has 362 valence electrons. The smallest absolute Gasteiger partial charge is 0.122 e. The zero-order chi connectivity index (χ0) is 48.7. The second kappa shape index (κ2) is 19.5. The summed E-state index contributed by atoms with van der Waals surface area (Å²) in [7, 11) is 0. The molecule has 2 fully saturated rings. The Bertz CT molecular complexity index is 2920. The SMILES string of the molecule is Cc1ccc2c(c1)C(c1ccccc1)CC2(c1ccc(OCC(O)COc2ccc(C3(c4ccc(OCC5CO5)cc4)CC(c4ccccc4)c4cc(C)ccc43)cc2)cc1)c1ccc(OCC2CO2)cc1. The molecule has 2 aliphatic heterocycles. The van der Waals surface area contributed by atoms with Crippen molar-refractivity contribution in [3.63, 3.8) is 0 Å². The van der Waals surface area contributed by atoms with Gasteiger partial charge < -0.3 is 33.5 Å². The topological polar surface area (TPSA) is 82.2 Å². The Balaban J connectivity index is 0.761. The molecule has 4 aliphatic rings. The zero-order valence-electron chi connectivity index (χ0n) is 40.9. The van der Waals surface area contributed by atoms with E-state index in [9.17, 15) is 5.11 Å². The van der Waals surface area contributed by atoms with Crippen LogP contribution in [0.1, 0.15) is 91.4 Å². The van der Waals surface area contributed by atoms with E-state index in [-0.39, 0.29) is 37.3 Å². The first kappa shape index (κ1) is 45.9. The van der Waals surface area contributed by atoms with Gasteiger partial charge >= 0.3 is 0 Å². The molecule has 72 heavy (non-hydrogen) atoms. The Morgan fingerprint density at radius 2 is 0.778 bits per heavy atom. The molecule has 0 radical (unpaired) electrons. The van der Waals surface area contributed by atoms with E-state index in [1.165, 1.54) is 66.8 Å². The summed E-state index contributed by atoms with van der Waals surface area (Å²) in [6.45, 7) is 7.18. The van der Waals surface area contributed by atoms with Gasteiger partial charge in [-0.1, -0.05) is 157 Å². The quantitative estimate of drug-likeness (QED) is 0.0858. The molecule has 2 aliphatic carbocycles. The summed E-state index contributed by atoms with van der Waals surface area (Å²) in [5.74, 6) is 3.49. The highest BCUT2D eigenvalue weighted by molar-refractivity contribution is 5.63. The van der Waals surface area contributed by atoms with Crippen LogP contribution >= 0.6 is 0 Å². The Hall–Kier alpha value is -7.16. The maximum Gasteiger partial charge on any atom is 0.122 e. The van der Waals surface area contributed by atoms with E-state index in [0.29, 0.717) is 24.7 Å². The van der Waals surface area contributed by atoms with Crippen LogP contribution in [0.4, 0.5) is 0 Å². The average Bonchev–Trinajstić information content (AvgIpc) is 4.38. The Labute approximate surface area is 422 Å². The Kier molecular flexibility index (Phi) is 12.4. The zero-order valence-corrected chi connectivity index (χ0v) is 40.9. The number of rotatable bonds is 18. The van der Waals surface area contributed by atoms with Crippen molar-refractivity contribution in [1.82, 2.24) is 0 Å². The minimum absolute atomic E-state index is 0.0850. The van der Waals surface area contributed by atoms with Gasteiger partial charge in [0.05, 0.1) is 13.2 Å². The number of aryl methyl sites for hydroxylation is 2. The van der Waals surface area contributed by atoms with Gasteiger partial charge in [-0.25, -0.2) is 0 Å². The Morgan fingerprint density at radius 3 is 1.11 bits per heavy atom. The minimum Gasteiger partial charge on any atom is -0.491 e. The lowest BCUT2D eigenvalue weighted by Gasteiger charge is -2.33. The largest absolute Gasteiger partial charge is 0.491 e. The van der Waals surface area contributed by atoms with Gasteiger partial charge in [0, 0.05) is 22.7 Å². The number of benzene rings is 8. The second-order valence-electron chi connectivity index (χ2n) is 20.2. The molecule has 6 unspecified atom stereocenters. The molecule has 8 aromatic carbocycles. The van der Waals surface area contributed by atoms with Crippen molar-refractivity contribution < 1.29 is 33.5 Å². The molecule has 0 saturated carbocycles. The van der Waals surface area contributed by atoms with Crippen LogP contribution in [-0.2, 0) is 20.3 Å². The van der Waals surface area contributed by atoms with Crippen LogP contribution in [0.3, 0.4) is 0 Å². The van der Waals surface area contributed by atoms with Crippen molar-refractivity contribution in [3.05, 3.63) is 261 Å². The van der Waals surface area contributed by atoms with Gasteiger partial charge in [0.2, 0.25) is 0 Å². The number of aliphatic hydroxyl groups excluding tert-OH is 1. The molecule has 2 saturated heterocycles. The van der Waals surface area contributed by atoms with Gasteiger partial charge in [0.25, 0.3) is 0 Å². The number of epoxide rings is 2. The summed E-state index contributed by atoms with van der Waals surface area (Å²) in [4.78, 5) is 0. The maximum absolute atomic E-state index is 11.2. The standard InChI is InChI=1S/C65H60O7/c1-43-13-31-62-58(33-43)60(45-9-5-3-6-10-45)35-64(62,49-19-27-54(28-20-49)69-39-56-41-71-56)47-15-23-52(24-16-47)67-37-51(66)38-68-53-25-17-48(18-26-53)65(50-21-29-55(30-22-50)70-40-57-42-72-57)36-61(46-11-7-4-8-12-46)59-34-44(2)14-32-63(59)65/h3-34,51,56-57,60-61,66H,35-42H2,1-2H3. The van der Waals surface area contributed by atoms with E-state index in [2.05, 4.69) is 184 Å². The first-order valence-electron chi connectivity index (χ1n) is 25.5. The molecular formula is C65H60O7. The predicted octanol–water partition coefficient (Wildman–Crippen LogP) is 12.4. The van der Waals surface area contributed by atoms with Gasteiger partial charge in [0.1, 0.15) is 67.7 Å². The van der Waals surface area contributed by atoms with Crippen LogP contribution in [0.2, 0.25) is 0 Å². The van der Waals surface area contributed by atoms with Crippen molar-refractivity contribution in [2.75, 3.05) is 39.6 Å². The van der Waals surface area contributed by atoms with Crippen LogP contribution in [0, 0.1) is 13.8 Å². The molecule has 2 heterocycles. The molecule has 7 nitrogen and oxygen atoms in total. The highest BCUT2D eigenvalue weighted by atomic mass is 16.6. The lowest BCUT2D eigenvalue weighted by atomic mass is 9.69. The van der Waals surface area contributed by atoms with Crippen molar-refractivity contribution in [3.8, 4) is 23.0 Å². The molecule has 0 amide bonds. The monoisotopic (exact) mass is 952 g/mol. The van der Waals surface area contributed by atoms with Crippen molar-refractivity contribution in [2.45, 2.75) is 67.7 Å². The second-order valence-corrected chi connectivity index (χ2v) is 20.2. The molecule has 0 bridgehead atoms. The highest BCUT2D eigenvalue weighted by Crippen LogP contribution is 2.58. The molecule has 12 rings (SSSR count). The van der Waals surface area contributed by atoms with Gasteiger partial charge in [-0.15, -0.1) is 0 Å². The fourth-order valence-corrected chi connectivity index (χ4v) is 11.6. The van der Waals surface area contributed by atoms with Crippen LogP contribution < -0.4 is 18.9 Å². The highest BCUT2D eigenvalue weighted by Gasteiger charge is 2.48. The predicted molar refractivity (Wildman–Crippen MR) is 281 cm³/mol. The van der Waals surface area contributed by atoms with Gasteiger partial charge in [-0.3, -0.25) is 0 Å². The number of ether oxygens (including phenoxy) is 6. The van der Waals surface area contributed by atoms with E-state index in [1.807, 2.05) is 24.3 Å². The van der Waals surface area contributed by atoms with E-state index >= 15 is 0 Å². The summed E-state index contributed by atoms with van der Waals surface area (Å²) in [6, 6.07) is 69.8. The van der Waals surface area contributed by atoms with E-state index in [4.69, 9.17) is 28.4 Å². The maximum atomic E-state index is 11.2. The van der Waals surface area contributed by atoms with Gasteiger partial charge in [-0.2, -0.15) is 0 Å². The van der Waals surface area contributed by atoms with Crippen molar-refractivity contribution in [1.29, 1.82) is 0 Å². The molecule has 8 aromatic rings. The van der Waals surface area contributed by atoms with E-state index < -0.39 is 16.9 Å². The third-order valence-corrected chi connectivity index (χ3v) is 15.5. The molecular weight excluding hydrogens is 893 g/mol. The molecule has 6 atom stereocenters. The van der Waals surface area contributed by atoms with Crippen LogP contribution in [0.15, 0.2) is 194 Å². The normalized spacial score (nSPS) is 22.9. The van der Waals surface area contributed by atoms with E-state index in [0.717, 1.165) is 37.6 Å². The number of fused-ring (bicyclic) bond motifs is 2. The minimum atomic E-state index is -0.852. The number of hydrogen-bond acceptors (Lipinski definition) is 7. The summed E-state index contributed by atoms with van der Waals surface area (Å²) in [6.07, 6.45) is 1.29. The molecule has 7 heteroatoms. The number of hydrogen-bond donors (Lipinski definition) is 1. The molecule has 1 N–H and O–H groups in total. The lowest BCUT2D eigenvalue weighted by molar-refractivity contribution is 0.0626. The van der Waals surface area contributed by atoms with Crippen LogP contribution in [0.25, 0.3) is 0 Å².